The van der Waals surface area contributed by atoms with E-state index in [-0.39, 0.29) is 5.02 Å². The van der Waals surface area contributed by atoms with Crippen LogP contribution in [0.15, 0.2) is 42.5 Å². The van der Waals surface area contributed by atoms with Gasteiger partial charge in [-0.1, -0.05) is 35.3 Å². The van der Waals surface area contributed by atoms with Gasteiger partial charge in [0.05, 0.1) is 17.2 Å². The Morgan fingerprint density at radius 2 is 1.93 bits per heavy atom. The van der Waals surface area contributed by atoms with Crippen molar-refractivity contribution in [3.63, 3.8) is 0 Å². The van der Waals surface area contributed by atoms with Gasteiger partial charge >= 0.3 is 6.03 Å². The lowest BCUT2D eigenvalue weighted by atomic mass is 9.92. The van der Waals surface area contributed by atoms with Crippen LogP contribution in [-0.4, -0.2) is 36.4 Å². The average molecular weight is 422 g/mol. The number of amides is 4. The van der Waals surface area contributed by atoms with Crippen molar-refractivity contribution in [1.82, 2.24) is 10.2 Å². The summed E-state index contributed by atoms with van der Waals surface area (Å²) in [6.07, 6.45) is 0. The van der Waals surface area contributed by atoms with E-state index in [9.17, 15) is 14.4 Å². The second-order valence-electron chi connectivity index (χ2n) is 6.36. The second kappa shape index (κ2) is 7.69. The molecule has 0 bridgehead atoms. The van der Waals surface area contributed by atoms with Gasteiger partial charge in [0.15, 0.2) is 0 Å². The van der Waals surface area contributed by atoms with Gasteiger partial charge in [0.2, 0.25) is 5.91 Å². The van der Waals surface area contributed by atoms with Gasteiger partial charge in [0.1, 0.15) is 17.8 Å². The van der Waals surface area contributed by atoms with Gasteiger partial charge < -0.3 is 15.4 Å². The average Bonchev–Trinajstić information content (AvgIpc) is 2.88. The molecule has 1 aliphatic heterocycles. The SMILES string of the molecule is COc1cccc(NC(=O)CN2C(=O)NC(C)(c3ccc(Cl)c(Cl)c3)C2=O)c1. The van der Waals surface area contributed by atoms with Crippen LogP contribution in [0.5, 0.6) is 5.75 Å². The predicted molar refractivity (Wildman–Crippen MR) is 106 cm³/mol. The van der Waals surface area contributed by atoms with Crippen LogP contribution in [0.4, 0.5) is 10.5 Å². The van der Waals surface area contributed by atoms with Crippen molar-refractivity contribution in [2.45, 2.75) is 12.5 Å². The molecule has 0 aromatic heterocycles. The minimum atomic E-state index is -1.35. The van der Waals surface area contributed by atoms with Crippen molar-refractivity contribution >= 4 is 46.7 Å². The molecule has 1 fully saturated rings. The molecule has 1 heterocycles. The molecule has 4 amide bonds. The number of nitrogens with one attached hydrogen (secondary N) is 2. The molecule has 0 saturated carbocycles. The Morgan fingerprint density at radius 1 is 1.18 bits per heavy atom. The van der Waals surface area contributed by atoms with Crippen LogP contribution in [0.1, 0.15) is 12.5 Å². The minimum absolute atomic E-state index is 0.261. The molecular formula is C19H17Cl2N3O4. The maximum atomic E-state index is 12.9. The molecule has 0 aliphatic carbocycles. The number of benzene rings is 2. The van der Waals surface area contributed by atoms with Gasteiger partial charge in [-0.15, -0.1) is 0 Å². The Morgan fingerprint density at radius 3 is 2.61 bits per heavy atom. The fraction of sp³-hybridized carbons (Fsp3) is 0.211. The zero-order valence-corrected chi connectivity index (χ0v) is 16.6. The topological polar surface area (TPSA) is 87.7 Å². The molecule has 3 rings (SSSR count). The van der Waals surface area contributed by atoms with E-state index >= 15 is 0 Å². The summed E-state index contributed by atoms with van der Waals surface area (Å²) in [5.41, 5.74) is -0.388. The van der Waals surface area contributed by atoms with E-state index in [4.69, 9.17) is 27.9 Å². The number of halogens is 2. The number of anilines is 1. The van der Waals surface area contributed by atoms with Crippen molar-refractivity contribution in [2.24, 2.45) is 0 Å². The van der Waals surface area contributed by atoms with Crippen molar-refractivity contribution in [3.05, 3.63) is 58.1 Å². The van der Waals surface area contributed by atoms with E-state index in [0.29, 0.717) is 22.0 Å². The molecule has 1 aliphatic rings. The maximum absolute atomic E-state index is 12.9. The van der Waals surface area contributed by atoms with E-state index in [2.05, 4.69) is 10.6 Å². The van der Waals surface area contributed by atoms with Crippen molar-refractivity contribution in [2.75, 3.05) is 19.0 Å². The van der Waals surface area contributed by atoms with Crippen LogP contribution in [0.25, 0.3) is 0 Å². The maximum Gasteiger partial charge on any atom is 0.325 e. The summed E-state index contributed by atoms with van der Waals surface area (Å²) in [6, 6.07) is 10.7. The fourth-order valence-corrected chi connectivity index (χ4v) is 3.19. The number of ether oxygens (including phenoxy) is 1. The third kappa shape index (κ3) is 3.76. The number of imide groups is 1. The third-order valence-corrected chi connectivity index (χ3v) is 5.17. The first-order valence-corrected chi connectivity index (χ1v) is 9.04. The van der Waals surface area contributed by atoms with Crippen LogP contribution in [0.3, 0.4) is 0 Å². The van der Waals surface area contributed by atoms with E-state index in [1.54, 1.807) is 43.3 Å². The van der Waals surface area contributed by atoms with Crippen LogP contribution in [0, 0.1) is 0 Å². The summed E-state index contributed by atoms with van der Waals surface area (Å²) in [6.45, 7) is 1.12. The van der Waals surface area contributed by atoms with Gasteiger partial charge in [-0.25, -0.2) is 4.79 Å². The zero-order valence-electron chi connectivity index (χ0n) is 15.1. The summed E-state index contributed by atoms with van der Waals surface area (Å²) in [7, 11) is 1.51. The van der Waals surface area contributed by atoms with Crippen molar-refractivity contribution in [3.8, 4) is 5.75 Å². The van der Waals surface area contributed by atoms with Gasteiger partial charge in [-0.2, -0.15) is 0 Å². The smallest absolute Gasteiger partial charge is 0.325 e. The normalized spacial score (nSPS) is 18.8. The highest BCUT2D eigenvalue weighted by Crippen LogP contribution is 2.33. The molecule has 146 valence electrons. The molecule has 0 spiro atoms. The highest BCUT2D eigenvalue weighted by molar-refractivity contribution is 6.42. The number of urea groups is 1. The molecule has 2 aromatic carbocycles. The molecule has 2 aromatic rings. The number of hydrogen-bond donors (Lipinski definition) is 2. The standard InChI is InChI=1S/C19H17Cl2N3O4/c1-19(11-6-7-14(20)15(21)8-11)17(26)24(18(27)23-19)10-16(25)22-12-4-3-5-13(9-12)28-2/h3-9H,10H2,1-2H3,(H,22,25)(H,23,27). The summed E-state index contributed by atoms with van der Waals surface area (Å²) in [5, 5.41) is 5.85. The van der Waals surface area contributed by atoms with Crippen LogP contribution in [-0.2, 0) is 15.1 Å². The molecule has 2 N–H and O–H groups in total. The molecule has 28 heavy (non-hydrogen) atoms. The molecule has 7 nitrogen and oxygen atoms in total. The molecule has 1 unspecified atom stereocenters. The number of carbonyl (C=O) groups excluding carboxylic acids is 3. The first kappa shape index (κ1) is 20.0. The quantitative estimate of drug-likeness (QED) is 0.723. The Hall–Kier alpha value is -2.77. The summed E-state index contributed by atoms with van der Waals surface area (Å²) >= 11 is 11.9. The van der Waals surface area contributed by atoms with Gasteiger partial charge in [0, 0.05) is 11.8 Å². The fourth-order valence-electron chi connectivity index (χ4n) is 2.89. The largest absolute Gasteiger partial charge is 0.497 e. The number of rotatable bonds is 5. The Labute approximate surface area is 171 Å². The van der Waals surface area contributed by atoms with Crippen LogP contribution in [0.2, 0.25) is 10.0 Å². The first-order chi connectivity index (χ1) is 13.2. The Bertz CT molecular complexity index is 966. The lowest BCUT2D eigenvalue weighted by Crippen LogP contribution is -2.42. The lowest BCUT2D eigenvalue weighted by Gasteiger charge is -2.22. The Balaban J connectivity index is 1.76. The molecular weight excluding hydrogens is 405 g/mol. The highest BCUT2D eigenvalue weighted by Gasteiger charge is 2.49. The monoisotopic (exact) mass is 421 g/mol. The molecule has 1 atom stereocenters. The number of methoxy groups -OCH3 is 1. The first-order valence-electron chi connectivity index (χ1n) is 8.28. The molecule has 0 radical (unpaired) electrons. The van der Waals surface area contributed by atoms with Crippen LogP contribution < -0.4 is 15.4 Å². The second-order valence-corrected chi connectivity index (χ2v) is 7.17. The van der Waals surface area contributed by atoms with Crippen molar-refractivity contribution < 1.29 is 19.1 Å². The summed E-state index contributed by atoms with van der Waals surface area (Å²) in [4.78, 5) is 38.4. The van der Waals surface area contributed by atoms with Gasteiger partial charge in [0.25, 0.3) is 5.91 Å². The van der Waals surface area contributed by atoms with E-state index in [1.807, 2.05) is 0 Å². The van der Waals surface area contributed by atoms with Crippen LogP contribution >= 0.6 is 23.2 Å². The van der Waals surface area contributed by atoms with E-state index in [1.165, 1.54) is 13.2 Å². The predicted octanol–water partition coefficient (Wildman–Crippen LogP) is 3.41. The number of carbonyl (C=O) groups is 3. The highest BCUT2D eigenvalue weighted by atomic mass is 35.5. The Kier molecular flexibility index (Phi) is 5.49. The zero-order chi connectivity index (χ0) is 20.5. The minimum Gasteiger partial charge on any atom is -0.497 e. The van der Waals surface area contributed by atoms with Gasteiger partial charge in [-0.3, -0.25) is 14.5 Å². The summed E-state index contributed by atoms with van der Waals surface area (Å²) in [5.74, 6) is -0.508. The number of hydrogen-bond acceptors (Lipinski definition) is 4. The van der Waals surface area contributed by atoms with Gasteiger partial charge in [-0.05, 0) is 36.8 Å². The van der Waals surface area contributed by atoms with E-state index < -0.39 is 29.9 Å². The molecule has 1 saturated heterocycles. The number of nitrogens with zero attached hydrogens (tertiary/aromatic N) is 1. The molecule has 9 heteroatoms. The van der Waals surface area contributed by atoms with Crippen molar-refractivity contribution in [1.29, 1.82) is 0 Å². The lowest BCUT2D eigenvalue weighted by molar-refractivity contribution is -0.133. The van der Waals surface area contributed by atoms with E-state index in [0.717, 1.165) is 4.90 Å². The summed E-state index contributed by atoms with van der Waals surface area (Å²) < 4.78 is 5.10. The third-order valence-electron chi connectivity index (χ3n) is 4.43.